The third kappa shape index (κ3) is 11.3. The lowest BCUT2D eigenvalue weighted by molar-refractivity contribution is -0.141. The fourth-order valence-electron chi connectivity index (χ4n) is 11.2. The molecule has 6 N–H and O–H groups in total. The number of nitrogens with zero attached hydrogens (tertiary/aromatic N) is 10. The fraction of sp³-hybridized carbons (Fsp3) is 0.379. The van der Waals surface area contributed by atoms with E-state index in [9.17, 15) is 24.9 Å². The summed E-state index contributed by atoms with van der Waals surface area (Å²) in [7, 11) is 0. The van der Waals surface area contributed by atoms with Crippen LogP contribution in [0.3, 0.4) is 0 Å². The summed E-state index contributed by atoms with van der Waals surface area (Å²) in [5, 5.41) is 46.3. The van der Waals surface area contributed by atoms with Gasteiger partial charge in [-0.1, -0.05) is 44.0 Å². The number of aromatic hydroxyl groups is 1. The zero-order valence-electron chi connectivity index (χ0n) is 44.0. The topological polar surface area (TPSA) is 266 Å². The Morgan fingerprint density at radius 1 is 0.861 bits per heavy atom. The maximum absolute atomic E-state index is 14.2. The highest BCUT2D eigenvalue weighted by molar-refractivity contribution is 5.91. The molecular formula is C58H62N12O9. The smallest absolute Gasteiger partial charge is 0.255 e. The lowest BCUT2D eigenvalue weighted by Crippen LogP contribution is -2.54. The van der Waals surface area contributed by atoms with E-state index < -0.39 is 24.1 Å². The lowest BCUT2D eigenvalue weighted by atomic mass is 9.91. The normalized spacial score (nSPS) is 21.2. The number of benzene rings is 2. The SMILES string of the molecule is CC(C)[C@@H](C(=O)N1C[C@H](O)C[C@H]1C(=O)N[C@@H](C)c1ccc(-n2ccnc2CO)cc1)c1cc(OCC#Cc2ccc(O[C@H]3C[C@H](Oc4cc(N5C6CCC5CN(c5cc(-c7ccccc7O)nnc5N)C6)ccn4)C3)cn2)no1. The summed E-state index contributed by atoms with van der Waals surface area (Å²) in [4.78, 5) is 47.3. The monoisotopic (exact) mass is 1070 g/mol. The average molecular weight is 1070 g/mol. The molecule has 21 nitrogen and oxygen atoms in total. The Kier molecular flexibility index (Phi) is 15.0. The molecule has 2 aromatic carbocycles. The molecule has 3 saturated heterocycles. The first-order valence-electron chi connectivity index (χ1n) is 26.7. The molecule has 0 radical (unpaired) electrons. The number of phenols is 1. The van der Waals surface area contributed by atoms with E-state index in [-0.39, 0.29) is 85.6 Å². The number of amides is 2. The highest BCUT2D eigenvalue weighted by Gasteiger charge is 2.44. The van der Waals surface area contributed by atoms with E-state index in [0.717, 1.165) is 48.6 Å². The van der Waals surface area contributed by atoms with Gasteiger partial charge in [0.25, 0.3) is 5.88 Å². The molecule has 1 aliphatic carbocycles. The number of nitrogen functional groups attached to an aromatic ring is 1. The van der Waals surface area contributed by atoms with Crippen LogP contribution in [-0.2, 0) is 16.2 Å². The number of piperazine rings is 1. The maximum Gasteiger partial charge on any atom is 0.255 e. The first kappa shape index (κ1) is 52.3. The number of pyridine rings is 2. The van der Waals surface area contributed by atoms with Crippen LogP contribution >= 0.6 is 0 Å². The molecule has 8 heterocycles. The molecule has 4 fully saturated rings. The molecule has 2 bridgehead atoms. The standard InChI is InChI=1S/C58H62N12O9/c1-34(2)55(58(75)69-32-42(72)24-49(69)57(74)63-35(3)36-10-13-38(14-11-36)68-21-20-60-52(68)33-71)51-28-54(66-79-51)76-22-6-7-37-12-17-43(29-62-37)77-44-25-45(26-44)78-53-23-39(18-19-61-53)70-40-15-16-41(70)31-67(30-40)48-27-47(64-65-56(48)59)46-8-4-5-9-50(46)73/h4-5,8-14,17-21,23,27-29,34-35,40-42,44-45,49,55,71-73H,15-16,22,24-26,30-33H2,1-3H3,(H2,59,65)(H,63,74)/t35-,40?,41?,42+,44-,45-,49-,55+/m0/s1. The van der Waals surface area contributed by atoms with Crippen LogP contribution in [0.4, 0.5) is 17.2 Å². The number of carbonyl (C=O) groups excluding carboxylic acids is 2. The number of aliphatic hydroxyl groups is 2. The molecule has 1 saturated carbocycles. The molecule has 3 aliphatic heterocycles. The minimum absolute atomic E-state index is 0.00177. The number of rotatable bonds is 17. The van der Waals surface area contributed by atoms with Crippen LogP contribution in [0, 0.1) is 17.8 Å². The number of nitrogens with one attached hydrogen (secondary N) is 1. The second kappa shape index (κ2) is 22.7. The predicted octanol–water partition coefficient (Wildman–Crippen LogP) is 5.74. The van der Waals surface area contributed by atoms with Crippen molar-refractivity contribution in [2.45, 2.75) is 108 Å². The minimum Gasteiger partial charge on any atom is -0.507 e. The van der Waals surface area contributed by atoms with E-state index in [4.69, 9.17) is 24.5 Å². The van der Waals surface area contributed by atoms with E-state index in [1.165, 1.54) is 4.90 Å². The molecule has 11 rings (SSSR count). The number of aromatic nitrogens is 7. The fourth-order valence-corrected chi connectivity index (χ4v) is 11.2. The number of anilines is 3. The Hall–Kier alpha value is -8.74. The molecule has 4 aliphatic rings. The Balaban J connectivity index is 0.627. The number of hydrogen-bond acceptors (Lipinski definition) is 18. The van der Waals surface area contributed by atoms with Crippen molar-refractivity contribution in [3.8, 4) is 52.0 Å². The van der Waals surface area contributed by atoms with Gasteiger partial charge in [0.05, 0.1) is 29.7 Å². The number of phenolic OH excluding ortho intramolecular Hbond substituents is 1. The Labute approximate surface area is 456 Å². The van der Waals surface area contributed by atoms with Crippen molar-refractivity contribution < 1.29 is 43.6 Å². The van der Waals surface area contributed by atoms with Gasteiger partial charge in [0, 0.05) is 98.6 Å². The van der Waals surface area contributed by atoms with Crippen LogP contribution in [0.5, 0.6) is 23.3 Å². The highest BCUT2D eigenvalue weighted by atomic mass is 16.5. The van der Waals surface area contributed by atoms with Crippen LogP contribution in [-0.4, -0.2) is 130 Å². The van der Waals surface area contributed by atoms with E-state index >= 15 is 0 Å². The average Bonchev–Trinajstić information content (AvgIpc) is 4.45. The van der Waals surface area contributed by atoms with E-state index in [1.807, 2.05) is 81.4 Å². The van der Waals surface area contributed by atoms with Crippen LogP contribution in [0.15, 0.2) is 114 Å². The van der Waals surface area contributed by atoms with Gasteiger partial charge in [-0.2, -0.15) is 0 Å². The molecule has 5 aromatic heterocycles. The van der Waals surface area contributed by atoms with Gasteiger partial charge in [-0.05, 0) is 90.9 Å². The summed E-state index contributed by atoms with van der Waals surface area (Å²) in [5.41, 5.74) is 11.6. The molecule has 79 heavy (non-hydrogen) atoms. The molecule has 2 amide bonds. The van der Waals surface area contributed by atoms with Crippen LogP contribution in [0.25, 0.3) is 16.9 Å². The molecule has 21 heteroatoms. The Morgan fingerprint density at radius 3 is 2.39 bits per heavy atom. The molecule has 2 unspecified atom stereocenters. The summed E-state index contributed by atoms with van der Waals surface area (Å²) in [6.07, 6.45) is 9.46. The molecule has 0 spiro atoms. The van der Waals surface area contributed by atoms with Crippen molar-refractivity contribution in [1.82, 2.24) is 45.1 Å². The van der Waals surface area contributed by atoms with Crippen LogP contribution in [0.1, 0.15) is 87.7 Å². The van der Waals surface area contributed by atoms with Crippen LogP contribution < -0.4 is 35.1 Å². The van der Waals surface area contributed by atoms with Crippen molar-refractivity contribution in [3.05, 3.63) is 133 Å². The molecule has 408 valence electrons. The minimum atomic E-state index is -0.894. The summed E-state index contributed by atoms with van der Waals surface area (Å²) in [6.45, 7) is 6.91. The van der Waals surface area contributed by atoms with Gasteiger partial charge >= 0.3 is 0 Å². The van der Waals surface area contributed by atoms with Gasteiger partial charge in [0.15, 0.2) is 18.2 Å². The first-order valence-corrected chi connectivity index (χ1v) is 26.7. The van der Waals surface area contributed by atoms with Crippen molar-refractivity contribution in [2.75, 3.05) is 41.8 Å². The Bertz CT molecular complexity index is 3340. The predicted molar refractivity (Wildman–Crippen MR) is 290 cm³/mol. The van der Waals surface area contributed by atoms with Crippen molar-refractivity contribution >= 4 is 29.0 Å². The van der Waals surface area contributed by atoms with Gasteiger partial charge in [-0.25, -0.2) is 15.0 Å². The maximum atomic E-state index is 14.2. The van der Waals surface area contributed by atoms with E-state index in [2.05, 4.69) is 57.3 Å². The number of nitrogens with two attached hydrogens (primary N) is 1. The largest absolute Gasteiger partial charge is 0.507 e. The number of carbonyl (C=O) groups is 2. The molecule has 6 atom stereocenters. The quantitative estimate of drug-likeness (QED) is 0.0680. The lowest BCUT2D eigenvalue weighted by Gasteiger charge is -2.43. The molecular weight excluding hydrogens is 1010 g/mol. The van der Waals surface area contributed by atoms with Crippen molar-refractivity contribution in [3.63, 3.8) is 0 Å². The van der Waals surface area contributed by atoms with Gasteiger partial charge in [-0.15, -0.1) is 10.2 Å². The summed E-state index contributed by atoms with van der Waals surface area (Å²) in [6, 6.07) is 25.0. The number of para-hydroxylation sites is 1. The number of β-amino-alcohol motifs (C(OH)–C–C–N with tert-alkyl or cyclic N) is 1. The molecule has 7 aromatic rings. The van der Waals surface area contributed by atoms with Gasteiger partial charge in [0.1, 0.15) is 53.8 Å². The van der Waals surface area contributed by atoms with Crippen molar-refractivity contribution in [1.29, 1.82) is 0 Å². The summed E-state index contributed by atoms with van der Waals surface area (Å²) < 4.78 is 25.7. The number of hydrogen-bond donors (Lipinski definition) is 5. The third-order valence-corrected chi connectivity index (χ3v) is 15.2. The van der Waals surface area contributed by atoms with Gasteiger partial charge < -0.3 is 64.4 Å². The summed E-state index contributed by atoms with van der Waals surface area (Å²) >= 11 is 0. The highest BCUT2D eigenvalue weighted by Crippen LogP contribution is 2.41. The number of likely N-dealkylation sites (tertiary alicyclic amines) is 1. The third-order valence-electron chi connectivity index (χ3n) is 15.2. The first-order chi connectivity index (χ1) is 38.3. The van der Waals surface area contributed by atoms with Crippen molar-refractivity contribution in [2.24, 2.45) is 5.92 Å². The summed E-state index contributed by atoms with van der Waals surface area (Å²) in [5.74, 6) is 6.81. The second-order valence-corrected chi connectivity index (χ2v) is 20.9. The zero-order valence-corrected chi connectivity index (χ0v) is 44.0. The number of fused-ring (bicyclic) bond motifs is 2. The van der Waals surface area contributed by atoms with E-state index in [1.54, 1.807) is 53.6 Å². The number of imidazole rings is 1. The second-order valence-electron chi connectivity index (χ2n) is 20.9. The van der Waals surface area contributed by atoms with Gasteiger partial charge in [0.2, 0.25) is 17.7 Å². The zero-order chi connectivity index (χ0) is 54.7. The van der Waals surface area contributed by atoms with Gasteiger partial charge in [-0.3, -0.25) is 9.59 Å². The Morgan fingerprint density at radius 2 is 1.65 bits per heavy atom. The number of aliphatic hydroxyl groups excluding tert-OH is 2. The van der Waals surface area contributed by atoms with Crippen LogP contribution in [0.2, 0.25) is 0 Å². The van der Waals surface area contributed by atoms with E-state index in [0.29, 0.717) is 53.1 Å². The number of ether oxygens (including phenoxy) is 3.